The summed E-state index contributed by atoms with van der Waals surface area (Å²) in [6, 6.07) is 0. The van der Waals surface area contributed by atoms with Gasteiger partial charge >= 0.3 is 0 Å². The van der Waals surface area contributed by atoms with Gasteiger partial charge in [-0.1, -0.05) is 18.6 Å². The summed E-state index contributed by atoms with van der Waals surface area (Å²) in [5, 5.41) is 2.84. The van der Waals surface area contributed by atoms with Crippen LogP contribution in [0.4, 0.5) is 0 Å². The molecule has 0 heterocycles. The topological polar surface area (TPSA) is 55.1 Å². The fraction of sp³-hybridized carbons (Fsp3) is 0.700. The molecule has 13 heavy (non-hydrogen) atoms. The molecule has 0 atom stereocenters. The largest absolute Gasteiger partial charge is 0.353 e. The molecule has 1 aliphatic carbocycles. The van der Waals surface area contributed by atoms with Crippen LogP contribution < -0.4 is 11.1 Å². The van der Waals surface area contributed by atoms with Gasteiger partial charge < -0.3 is 11.1 Å². The van der Waals surface area contributed by atoms with Crippen molar-refractivity contribution >= 4 is 5.91 Å². The Labute approximate surface area is 79.4 Å². The zero-order valence-electron chi connectivity index (χ0n) is 7.96. The summed E-state index contributed by atoms with van der Waals surface area (Å²) in [5.74, 6) is 0.824. The van der Waals surface area contributed by atoms with Crippen molar-refractivity contribution in [3.63, 3.8) is 0 Å². The number of hydrogen-bond donors (Lipinski definition) is 2. The summed E-state index contributed by atoms with van der Waals surface area (Å²) in [7, 11) is 0. The smallest absolute Gasteiger partial charge is 0.220 e. The van der Waals surface area contributed by atoms with E-state index in [1.54, 1.807) is 0 Å². The van der Waals surface area contributed by atoms with Gasteiger partial charge in [0.05, 0.1) is 0 Å². The molecule has 1 saturated carbocycles. The third-order valence-corrected chi connectivity index (χ3v) is 2.42. The first-order valence-corrected chi connectivity index (χ1v) is 4.94. The van der Waals surface area contributed by atoms with Crippen LogP contribution in [-0.2, 0) is 4.79 Å². The molecule has 0 aliphatic heterocycles. The minimum absolute atomic E-state index is 0.173. The first kappa shape index (κ1) is 10.3. The monoisotopic (exact) mass is 182 g/mol. The molecule has 74 valence electrons. The minimum Gasteiger partial charge on any atom is -0.353 e. The Morgan fingerprint density at radius 3 is 2.77 bits per heavy atom. The number of nitrogens with two attached hydrogens (primary N) is 1. The van der Waals surface area contributed by atoms with Gasteiger partial charge in [0.1, 0.15) is 0 Å². The summed E-state index contributed by atoms with van der Waals surface area (Å²) in [5.41, 5.74) is 5.26. The molecule has 0 unspecified atom stereocenters. The quantitative estimate of drug-likeness (QED) is 0.618. The highest BCUT2D eigenvalue weighted by atomic mass is 16.1. The predicted molar refractivity (Wildman–Crippen MR) is 53.2 cm³/mol. The molecule has 0 spiro atoms. The van der Waals surface area contributed by atoms with Gasteiger partial charge in [0, 0.05) is 19.5 Å². The number of rotatable bonds is 5. The summed E-state index contributed by atoms with van der Waals surface area (Å²) in [6.45, 7) is 1.15. The molecule has 0 aromatic rings. The number of nitrogens with one attached hydrogen (secondary N) is 1. The Balaban J connectivity index is 2.00. The van der Waals surface area contributed by atoms with Crippen LogP contribution in [0, 0.1) is 5.92 Å². The third kappa shape index (κ3) is 4.08. The number of hydrogen-bond acceptors (Lipinski definition) is 2. The van der Waals surface area contributed by atoms with Crippen LogP contribution in [0.5, 0.6) is 0 Å². The number of amides is 1. The Kier molecular flexibility index (Phi) is 4.54. The third-order valence-electron chi connectivity index (χ3n) is 2.42. The second-order valence-electron chi connectivity index (χ2n) is 3.51. The van der Waals surface area contributed by atoms with Gasteiger partial charge in [-0.15, -0.1) is 0 Å². The van der Waals surface area contributed by atoms with Gasteiger partial charge in [-0.05, 0) is 18.8 Å². The lowest BCUT2D eigenvalue weighted by molar-refractivity contribution is -0.122. The van der Waals surface area contributed by atoms with Gasteiger partial charge in [-0.25, -0.2) is 0 Å². The van der Waals surface area contributed by atoms with Crippen molar-refractivity contribution in [2.75, 3.05) is 13.1 Å². The first-order chi connectivity index (χ1) is 6.33. The van der Waals surface area contributed by atoms with E-state index in [-0.39, 0.29) is 5.91 Å². The highest BCUT2D eigenvalue weighted by molar-refractivity contribution is 5.76. The zero-order valence-corrected chi connectivity index (χ0v) is 7.96. The van der Waals surface area contributed by atoms with Crippen LogP contribution in [0.15, 0.2) is 12.2 Å². The van der Waals surface area contributed by atoms with Crippen LogP contribution >= 0.6 is 0 Å². The summed E-state index contributed by atoms with van der Waals surface area (Å²) < 4.78 is 0. The highest BCUT2D eigenvalue weighted by Gasteiger charge is 2.19. The minimum atomic E-state index is 0.173. The lowest BCUT2D eigenvalue weighted by Gasteiger charge is -2.24. The normalized spacial score (nSPS) is 17.3. The van der Waals surface area contributed by atoms with Crippen molar-refractivity contribution in [2.24, 2.45) is 11.7 Å². The molecule has 1 fully saturated rings. The second-order valence-corrected chi connectivity index (χ2v) is 3.51. The van der Waals surface area contributed by atoms with E-state index in [0.29, 0.717) is 25.4 Å². The Hall–Kier alpha value is -0.830. The van der Waals surface area contributed by atoms with E-state index >= 15 is 0 Å². The van der Waals surface area contributed by atoms with E-state index in [9.17, 15) is 4.79 Å². The first-order valence-electron chi connectivity index (χ1n) is 4.94. The van der Waals surface area contributed by atoms with Crippen molar-refractivity contribution in [1.82, 2.24) is 5.32 Å². The molecule has 3 N–H and O–H groups in total. The van der Waals surface area contributed by atoms with E-state index < -0.39 is 0 Å². The molecule has 0 saturated heterocycles. The van der Waals surface area contributed by atoms with Gasteiger partial charge in [-0.2, -0.15) is 0 Å². The van der Waals surface area contributed by atoms with Crippen molar-refractivity contribution in [2.45, 2.75) is 25.7 Å². The molecule has 3 heteroatoms. The van der Waals surface area contributed by atoms with Crippen LogP contribution in [0.1, 0.15) is 25.7 Å². The van der Waals surface area contributed by atoms with Crippen molar-refractivity contribution in [3.8, 4) is 0 Å². The summed E-state index contributed by atoms with van der Waals surface area (Å²) >= 11 is 0. The fourth-order valence-electron chi connectivity index (χ4n) is 1.38. The zero-order chi connectivity index (χ0) is 9.52. The SMILES string of the molecule is NC/C=C/CNC(=O)CC1CCC1. The molecule has 0 aromatic carbocycles. The Bertz CT molecular complexity index is 185. The van der Waals surface area contributed by atoms with Crippen LogP contribution in [0.25, 0.3) is 0 Å². The van der Waals surface area contributed by atoms with Gasteiger partial charge in [0.15, 0.2) is 0 Å². The molecule has 0 radical (unpaired) electrons. The summed E-state index contributed by atoms with van der Waals surface area (Å²) in [4.78, 5) is 11.2. The fourth-order valence-corrected chi connectivity index (χ4v) is 1.38. The van der Waals surface area contributed by atoms with E-state index in [4.69, 9.17) is 5.73 Å². The number of carbonyl (C=O) groups is 1. The molecule has 1 amide bonds. The molecule has 0 bridgehead atoms. The van der Waals surface area contributed by atoms with E-state index in [2.05, 4.69) is 5.32 Å². The summed E-state index contributed by atoms with van der Waals surface area (Å²) in [6.07, 6.45) is 8.20. The van der Waals surface area contributed by atoms with Crippen molar-refractivity contribution in [1.29, 1.82) is 0 Å². The molecule has 1 rings (SSSR count). The van der Waals surface area contributed by atoms with Gasteiger partial charge in [-0.3, -0.25) is 4.79 Å². The lowest BCUT2D eigenvalue weighted by atomic mass is 9.83. The molecule has 3 nitrogen and oxygen atoms in total. The molecule has 0 aromatic heterocycles. The van der Waals surface area contributed by atoms with Crippen LogP contribution in [0.3, 0.4) is 0 Å². The second kappa shape index (κ2) is 5.75. The maximum atomic E-state index is 11.2. The molecular formula is C10H18N2O. The van der Waals surface area contributed by atoms with Gasteiger partial charge in [0.2, 0.25) is 5.91 Å². The van der Waals surface area contributed by atoms with Gasteiger partial charge in [0.25, 0.3) is 0 Å². The lowest BCUT2D eigenvalue weighted by Crippen LogP contribution is -2.27. The molecule has 1 aliphatic rings. The van der Waals surface area contributed by atoms with E-state index in [0.717, 1.165) is 0 Å². The van der Waals surface area contributed by atoms with Crippen LogP contribution in [0.2, 0.25) is 0 Å². The number of carbonyl (C=O) groups excluding carboxylic acids is 1. The van der Waals surface area contributed by atoms with Crippen molar-refractivity contribution < 1.29 is 4.79 Å². The Morgan fingerprint density at radius 1 is 1.46 bits per heavy atom. The average Bonchev–Trinajstić information content (AvgIpc) is 2.06. The van der Waals surface area contributed by atoms with Crippen LogP contribution in [-0.4, -0.2) is 19.0 Å². The maximum absolute atomic E-state index is 11.2. The maximum Gasteiger partial charge on any atom is 0.220 e. The highest BCUT2D eigenvalue weighted by Crippen LogP contribution is 2.28. The Morgan fingerprint density at radius 2 is 2.23 bits per heavy atom. The predicted octanol–water partition coefficient (Wildman–Crippen LogP) is 0.808. The standard InChI is InChI=1S/C10H18N2O/c11-6-1-2-7-12-10(13)8-9-4-3-5-9/h1-2,9H,3-8,11H2,(H,12,13)/b2-1+. The van der Waals surface area contributed by atoms with E-state index in [1.165, 1.54) is 19.3 Å². The average molecular weight is 182 g/mol. The molecular weight excluding hydrogens is 164 g/mol. The van der Waals surface area contributed by atoms with Crippen molar-refractivity contribution in [3.05, 3.63) is 12.2 Å². The van der Waals surface area contributed by atoms with E-state index in [1.807, 2.05) is 12.2 Å².